The number of urea groups is 1. The summed E-state index contributed by atoms with van der Waals surface area (Å²) in [4.78, 5) is 40.9. The molecule has 0 radical (unpaired) electrons. The van der Waals surface area contributed by atoms with Crippen LogP contribution in [0.25, 0.3) is 0 Å². The summed E-state index contributed by atoms with van der Waals surface area (Å²) in [6, 6.07) is 10.2. The molecule has 0 bridgehead atoms. The normalized spacial score (nSPS) is 23.0. The smallest absolute Gasteiger partial charge is 0.322 e. The van der Waals surface area contributed by atoms with Crippen molar-refractivity contribution in [1.29, 1.82) is 0 Å². The fraction of sp³-hybridized carbons (Fsp3) is 0.375. The Morgan fingerprint density at radius 1 is 1.03 bits per heavy atom. The van der Waals surface area contributed by atoms with E-state index in [2.05, 4.69) is 16.0 Å². The molecule has 0 aromatic heterocycles. The van der Waals surface area contributed by atoms with Crippen molar-refractivity contribution in [3.8, 4) is 11.5 Å². The van der Waals surface area contributed by atoms with Gasteiger partial charge in [0.25, 0.3) is 0 Å². The maximum Gasteiger partial charge on any atom is 0.322 e. The Labute approximate surface area is 201 Å². The van der Waals surface area contributed by atoms with Crippen LogP contribution in [0, 0.1) is 0 Å². The number of nitrogens with one attached hydrogen (secondary N) is 3. The van der Waals surface area contributed by atoms with Crippen LogP contribution < -0.4 is 25.4 Å². The predicted octanol–water partition coefficient (Wildman–Crippen LogP) is 3.74. The summed E-state index contributed by atoms with van der Waals surface area (Å²) >= 11 is 6.06. The number of carbonyl (C=O) groups excluding carboxylic acids is 3. The first-order valence-electron chi connectivity index (χ1n) is 11.3. The molecule has 2 aromatic carbocycles. The number of rotatable bonds is 4. The molecule has 0 spiro atoms. The number of fused-ring (bicyclic) bond motifs is 2. The number of amides is 4. The van der Waals surface area contributed by atoms with Crippen LogP contribution in [0.5, 0.6) is 11.5 Å². The van der Waals surface area contributed by atoms with Crippen molar-refractivity contribution >= 4 is 40.8 Å². The van der Waals surface area contributed by atoms with E-state index in [9.17, 15) is 14.4 Å². The quantitative estimate of drug-likeness (QED) is 0.612. The highest BCUT2D eigenvalue weighted by atomic mass is 35.5. The number of carbonyl (C=O) groups is 3. The Morgan fingerprint density at radius 2 is 1.82 bits per heavy atom. The average Bonchev–Trinajstić information content (AvgIpc) is 3.27. The molecule has 1 saturated carbocycles. The zero-order valence-electron chi connectivity index (χ0n) is 18.4. The molecule has 1 aliphatic carbocycles. The minimum Gasteiger partial charge on any atom is -0.454 e. The molecule has 178 valence electrons. The number of anilines is 2. The summed E-state index contributed by atoms with van der Waals surface area (Å²) < 4.78 is 10.6. The highest BCUT2D eigenvalue weighted by molar-refractivity contribution is 6.30. The van der Waals surface area contributed by atoms with Crippen LogP contribution in [0.4, 0.5) is 16.2 Å². The summed E-state index contributed by atoms with van der Waals surface area (Å²) in [5.41, 5.74) is 1.05. The van der Waals surface area contributed by atoms with E-state index in [4.69, 9.17) is 21.1 Å². The van der Waals surface area contributed by atoms with Gasteiger partial charge in [-0.15, -0.1) is 0 Å². The number of hydrogen-bond donors (Lipinski definition) is 3. The molecule has 10 heteroatoms. The van der Waals surface area contributed by atoms with Gasteiger partial charge in [0.2, 0.25) is 18.6 Å². The maximum atomic E-state index is 13.4. The number of nitrogens with zero attached hydrogens (tertiary/aromatic N) is 1. The largest absolute Gasteiger partial charge is 0.454 e. The van der Waals surface area contributed by atoms with Gasteiger partial charge in [-0.05, 0) is 43.2 Å². The maximum absolute atomic E-state index is 13.4. The zero-order chi connectivity index (χ0) is 23.7. The van der Waals surface area contributed by atoms with Gasteiger partial charge >= 0.3 is 6.03 Å². The van der Waals surface area contributed by atoms with Crippen LogP contribution in [0.15, 0.2) is 42.5 Å². The first-order valence-corrected chi connectivity index (χ1v) is 11.7. The van der Waals surface area contributed by atoms with Gasteiger partial charge in [0.15, 0.2) is 11.5 Å². The van der Waals surface area contributed by atoms with Crippen molar-refractivity contribution < 1.29 is 23.9 Å². The molecule has 3 aliphatic rings. The van der Waals surface area contributed by atoms with E-state index in [0.29, 0.717) is 27.9 Å². The molecule has 3 atom stereocenters. The van der Waals surface area contributed by atoms with Crippen LogP contribution in [0.1, 0.15) is 32.1 Å². The van der Waals surface area contributed by atoms with Gasteiger partial charge in [-0.2, -0.15) is 0 Å². The van der Waals surface area contributed by atoms with Crippen LogP contribution >= 0.6 is 11.6 Å². The van der Waals surface area contributed by atoms with E-state index in [-0.39, 0.29) is 37.1 Å². The van der Waals surface area contributed by atoms with Crippen LogP contribution in [-0.4, -0.2) is 47.7 Å². The van der Waals surface area contributed by atoms with Gasteiger partial charge < -0.3 is 30.3 Å². The lowest BCUT2D eigenvalue weighted by molar-refractivity contribution is -0.135. The first-order chi connectivity index (χ1) is 16.5. The molecule has 1 saturated heterocycles. The van der Waals surface area contributed by atoms with Crippen molar-refractivity contribution in [2.45, 2.75) is 50.2 Å². The van der Waals surface area contributed by atoms with Crippen LogP contribution in [-0.2, 0) is 9.59 Å². The third-order valence-electron chi connectivity index (χ3n) is 6.40. The van der Waals surface area contributed by atoms with E-state index in [1.54, 1.807) is 47.4 Å². The van der Waals surface area contributed by atoms with E-state index >= 15 is 0 Å². The molecule has 3 N–H and O–H groups in total. The molecule has 2 aromatic rings. The SMILES string of the molecule is O=C(C[C@@H]1C(=O)N[C@@H]2CCCC[C@@H]2N1C(=O)Nc1cccc(Cl)c1)Nc1ccc2c(c1)OCO2. The number of hydrogen-bond acceptors (Lipinski definition) is 5. The van der Waals surface area contributed by atoms with Crippen molar-refractivity contribution in [1.82, 2.24) is 10.2 Å². The minimum absolute atomic E-state index is 0.125. The number of piperazine rings is 1. The standard InChI is InChI=1S/C24H25ClN4O5/c25-14-4-3-5-15(10-14)27-24(32)29-18-7-2-1-6-17(18)28-23(31)19(29)12-22(30)26-16-8-9-20-21(11-16)34-13-33-20/h3-5,8-11,17-19H,1-2,6-7,12-13H2,(H,26,30)(H,27,32)(H,28,31)/t17-,18+,19-/m1/s1. The highest BCUT2D eigenvalue weighted by Gasteiger charge is 2.46. The van der Waals surface area contributed by atoms with Crippen molar-refractivity contribution in [2.24, 2.45) is 0 Å². The Hall–Kier alpha value is -3.46. The van der Waals surface area contributed by atoms with Gasteiger partial charge in [0.1, 0.15) is 6.04 Å². The van der Waals surface area contributed by atoms with E-state index in [1.807, 2.05) is 0 Å². The third kappa shape index (κ3) is 4.61. The lowest BCUT2D eigenvalue weighted by Gasteiger charge is -2.47. The zero-order valence-corrected chi connectivity index (χ0v) is 19.1. The molecule has 9 nitrogen and oxygen atoms in total. The summed E-state index contributed by atoms with van der Waals surface area (Å²) in [5.74, 6) is 0.441. The molecule has 34 heavy (non-hydrogen) atoms. The van der Waals surface area contributed by atoms with Gasteiger partial charge in [-0.3, -0.25) is 9.59 Å². The van der Waals surface area contributed by atoms with Gasteiger partial charge in [0.05, 0.1) is 12.5 Å². The number of halogens is 1. The summed E-state index contributed by atoms with van der Waals surface area (Å²) in [5, 5.41) is 9.17. The van der Waals surface area contributed by atoms with Crippen molar-refractivity contribution in [3.05, 3.63) is 47.5 Å². The van der Waals surface area contributed by atoms with Crippen molar-refractivity contribution in [2.75, 3.05) is 17.4 Å². The number of benzene rings is 2. The van der Waals surface area contributed by atoms with E-state index in [1.165, 1.54) is 0 Å². The lowest BCUT2D eigenvalue weighted by atomic mass is 9.85. The molecule has 5 rings (SSSR count). The van der Waals surface area contributed by atoms with Crippen LogP contribution in [0.2, 0.25) is 5.02 Å². The fourth-order valence-corrected chi connectivity index (χ4v) is 5.04. The van der Waals surface area contributed by atoms with Gasteiger partial charge in [0, 0.05) is 28.5 Å². The van der Waals surface area contributed by atoms with E-state index < -0.39 is 12.1 Å². The van der Waals surface area contributed by atoms with Gasteiger partial charge in [-0.1, -0.05) is 30.5 Å². The lowest BCUT2D eigenvalue weighted by Crippen LogP contribution is -2.68. The predicted molar refractivity (Wildman–Crippen MR) is 126 cm³/mol. The van der Waals surface area contributed by atoms with E-state index in [0.717, 1.165) is 25.7 Å². The second-order valence-electron chi connectivity index (χ2n) is 8.65. The van der Waals surface area contributed by atoms with Crippen molar-refractivity contribution in [3.63, 3.8) is 0 Å². The van der Waals surface area contributed by atoms with Gasteiger partial charge in [-0.25, -0.2) is 4.79 Å². The molecular formula is C24H25ClN4O5. The Balaban J connectivity index is 1.35. The second-order valence-corrected chi connectivity index (χ2v) is 9.09. The Morgan fingerprint density at radius 3 is 2.68 bits per heavy atom. The van der Waals surface area contributed by atoms with Crippen LogP contribution in [0.3, 0.4) is 0 Å². The Kier molecular flexibility index (Phi) is 6.19. The molecule has 0 unspecified atom stereocenters. The topological polar surface area (TPSA) is 109 Å². The summed E-state index contributed by atoms with van der Waals surface area (Å²) in [6.45, 7) is 0.133. The minimum atomic E-state index is -0.937. The molecule has 2 fully saturated rings. The third-order valence-corrected chi connectivity index (χ3v) is 6.63. The summed E-state index contributed by atoms with van der Waals surface area (Å²) in [7, 11) is 0. The summed E-state index contributed by atoms with van der Waals surface area (Å²) in [6.07, 6.45) is 3.32. The molecule has 2 aliphatic heterocycles. The molecule has 4 amide bonds. The Bertz CT molecular complexity index is 1130. The fourth-order valence-electron chi connectivity index (χ4n) is 4.85. The molecular weight excluding hydrogens is 460 g/mol. The second kappa shape index (κ2) is 9.42. The monoisotopic (exact) mass is 484 g/mol. The average molecular weight is 485 g/mol. The highest BCUT2D eigenvalue weighted by Crippen LogP contribution is 2.35. The first kappa shape index (κ1) is 22.3. The molecule has 2 heterocycles. The number of ether oxygens (including phenoxy) is 2.